The Bertz CT molecular complexity index is 1080. The Morgan fingerprint density at radius 1 is 0.700 bits per heavy atom. The number of carbonyl (C=O) groups excluding carboxylic acids is 5. The van der Waals surface area contributed by atoms with Gasteiger partial charge in [0.2, 0.25) is 11.8 Å². The molecule has 2 aromatic carbocycles. The first-order chi connectivity index (χ1) is 19.4. The molecular weight excluding hydrogens is 520 g/mol. The molecule has 4 amide bonds. The lowest BCUT2D eigenvalue weighted by Gasteiger charge is -2.18. The molecule has 0 saturated carbocycles. The van der Waals surface area contributed by atoms with Gasteiger partial charge in [0.1, 0.15) is 25.8 Å². The van der Waals surface area contributed by atoms with Crippen molar-refractivity contribution in [3.8, 4) is 0 Å². The number of unbranched alkanes of at least 4 members (excludes halogenated alkanes) is 1. The second kappa shape index (κ2) is 18.6. The molecule has 0 bridgehead atoms. The van der Waals surface area contributed by atoms with Gasteiger partial charge >= 0.3 is 18.2 Å². The number of hydrogen-bond acceptors (Lipinski definition) is 8. The minimum Gasteiger partial charge on any atom is -0.465 e. The first kappa shape index (κ1) is 31.6. The Hall–Kier alpha value is -4.61. The highest BCUT2D eigenvalue weighted by atomic mass is 16.6. The van der Waals surface area contributed by atoms with Crippen molar-refractivity contribution in [1.82, 2.24) is 21.3 Å². The van der Waals surface area contributed by atoms with Crippen LogP contribution >= 0.6 is 0 Å². The molecule has 0 aliphatic heterocycles. The van der Waals surface area contributed by atoms with Crippen LogP contribution in [0.25, 0.3) is 0 Å². The first-order valence-electron chi connectivity index (χ1n) is 13.0. The lowest BCUT2D eigenvalue weighted by atomic mass is 10.1. The quantitative estimate of drug-likeness (QED) is 0.139. The normalized spacial score (nSPS) is 10.9. The third-order valence-corrected chi connectivity index (χ3v) is 5.38. The Kier molecular flexibility index (Phi) is 14.7. The highest BCUT2D eigenvalue weighted by molar-refractivity contribution is 5.90. The van der Waals surface area contributed by atoms with E-state index in [1.54, 1.807) is 19.1 Å². The van der Waals surface area contributed by atoms with Crippen molar-refractivity contribution < 1.29 is 38.2 Å². The van der Waals surface area contributed by atoms with Gasteiger partial charge in [0.15, 0.2) is 0 Å². The van der Waals surface area contributed by atoms with Crippen molar-refractivity contribution in [3.05, 3.63) is 71.8 Å². The highest BCUT2D eigenvalue weighted by Crippen LogP contribution is 2.05. The predicted molar refractivity (Wildman–Crippen MR) is 145 cm³/mol. The van der Waals surface area contributed by atoms with E-state index in [2.05, 4.69) is 21.3 Å². The van der Waals surface area contributed by atoms with Crippen LogP contribution in [0.4, 0.5) is 9.59 Å². The van der Waals surface area contributed by atoms with Gasteiger partial charge in [-0.15, -0.1) is 0 Å². The van der Waals surface area contributed by atoms with Crippen LogP contribution in [0.3, 0.4) is 0 Å². The Balaban J connectivity index is 1.78. The summed E-state index contributed by atoms with van der Waals surface area (Å²) >= 11 is 0. The summed E-state index contributed by atoms with van der Waals surface area (Å²) in [5.41, 5.74) is 1.65. The van der Waals surface area contributed by atoms with Gasteiger partial charge in [0.05, 0.1) is 13.2 Å². The number of benzene rings is 2. The first-order valence-corrected chi connectivity index (χ1v) is 13.0. The zero-order chi connectivity index (χ0) is 29.0. The average molecular weight is 557 g/mol. The van der Waals surface area contributed by atoms with Crippen LogP contribution in [0.2, 0.25) is 0 Å². The van der Waals surface area contributed by atoms with E-state index in [1.165, 1.54) is 0 Å². The van der Waals surface area contributed by atoms with E-state index in [-0.39, 0.29) is 32.8 Å². The van der Waals surface area contributed by atoms with E-state index in [0.29, 0.717) is 19.4 Å². The van der Waals surface area contributed by atoms with Crippen molar-refractivity contribution in [2.75, 3.05) is 26.2 Å². The van der Waals surface area contributed by atoms with Gasteiger partial charge in [-0.05, 0) is 37.3 Å². The fourth-order valence-electron chi connectivity index (χ4n) is 3.35. The average Bonchev–Trinajstić information content (AvgIpc) is 2.97. The number of esters is 1. The summed E-state index contributed by atoms with van der Waals surface area (Å²) in [6.07, 6.45) is -0.166. The van der Waals surface area contributed by atoms with Crippen LogP contribution in [-0.2, 0) is 41.8 Å². The van der Waals surface area contributed by atoms with E-state index >= 15 is 0 Å². The highest BCUT2D eigenvalue weighted by Gasteiger charge is 2.22. The van der Waals surface area contributed by atoms with Crippen LogP contribution in [0.15, 0.2) is 60.7 Å². The molecule has 0 radical (unpaired) electrons. The largest absolute Gasteiger partial charge is 0.465 e. The number of hydrogen-bond donors (Lipinski definition) is 4. The topological polar surface area (TPSA) is 161 Å². The smallest absolute Gasteiger partial charge is 0.408 e. The minimum atomic E-state index is -0.994. The Labute approximate surface area is 233 Å². The molecule has 0 saturated heterocycles. The maximum atomic E-state index is 12.7. The molecule has 0 heterocycles. The van der Waals surface area contributed by atoms with Crippen molar-refractivity contribution in [2.24, 2.45) is 0 Å². The Morgan fingerprint density at radius 3 is 1.90 bits per heavy atom. The predicted octanol–water partition coefficient (Wildman–Crippen LogP) is 2.17. The maximum absolute atomic E-state index is 12.7. The van der Waals surface area contributed by atoms with Crippen LogP contribution in [0.1, 0.15) is 37.3 Å². The van der Waals surface area contributed by atoms with E-state index in [1.807, 2.05) is 48.5 Å². The number of amides is 4. The fourth-order valence-corrected chi connectivity index (χ4v) is 3.35. The molecule has 1 atom stereocenters. The number of carbonyl (C=O) groups is 5. The molecule has 216 valence electrons. The zero-order valence-electron chi connectivity index (χ0n) is 22.5. The molecule has 0 spiro atoms. The molecule has 12 heteroatoms. The summed E-state index contributed by atoms with van der Waals surface area (Å²) in [4.78, 5) is 60.3. The van der Waals surface area contributed by atoms with Gasteiger partial charge in [-0.3, -0.25) is 14.4 Å². The number of ether oxygens (including phenoxy) is 3. The molecular formula is C28H36N4O8. The lowest BCUT2D eigenvalue weighted by molar-refractivity contribution is -0.143. The molecule has 0 aliphatic rings. The summed E-state index contributed by atoms with van der Waals surface area (Å²) in [6.45, 7) is 1.58. The van der Waals surface area contributed by atoms with E-state index in [9.17, 15) is 24.0 Å². The maximum Gasteiger partial charge on any atom is 0.408 e. The number of nitrogens with one attached hydrogen (secondary N) is 4. The summed E-state index contributed by atoms with van der Waals surface area (Å²) in [5.74, 6) is -1.79. The number of rotatable bonds is 16. The monoisotopic (exact) mass is 556 g/mol. The van der Waals surface area contributed by atoms with Crippen molar-refractivity contribution >= 4 is 30.0 Å². The third-order valence-electron chi connectivity index (χ3n) is 5.38. The van der Waals surface area contributed by atoms with Gasteiger partial charge in [-0.1, -0.05) is 60.7 Å². The SMILES string of the molecule is CCOC(=O)CNC(=O)CNC(=O)[C@H](CCCCNC(=O)OCc1ccccc1)NC(=O)OCc1ccccc1. The molecule has 0 unspecified atom stereocenters. The molecule has 4 N–H and O–H groups in total. The lowest BCUT2D eigenvalue weighted by Crippen LogP contribution is -2.49. The summed E-state index contributed by atoms with van der Waals surface area (Å²) in [6, 6.07) is 17.3. The molecule has 2 rings (SSSR count). The summed E-state index contributed by atoms with van der Waals surface area (Å²) < 4.78 is 15.1. The van der Waals surface area contributed by atoms with Crippen LogP contribution in [0.5, 0.6) is 0 Å². The van der Waals surface area contributed by atoms with Crippen LogP contribution in [0, 0.1) is 0 Å². The molecule has 0 fully saturated rings. The number of alkyl carbamates (subject to hydrolysis) is 2. The summed E-state index contributed by atoms with van der Waals surface area (Å²) in [7, 11) is 0. The molecule has 0 aromatic heterocycles. The zero-order valence-corrected chi connectivity index (χ0v) is 22.5. The van der Waals surface area contributed by atoms with Gasteiger partial charge in [0.25, 0.3) is 0 Å². The van der Waals surface area contributed by atoms with E-state index in [4.69, 9.17) is 14.2 Å². The van der Waals surface area contributed by atoms with Crippen molar-refractivity contribution in [2.45, 2.75) is 45.4 Å². The van der Waals surface area contributed by atoms with Gasteiger partial charge < -0.3 is 35.5 Å². The van der Waals surface area contributed by atoms with Gasteiger partial charge in [-0.2, -0.15) is 0 Å². The minimum absolute atomic E-state index is 0.0201. The fraction of sp³-hybridized carbons (Fsp3) is 0.393. The van der Waals surface area contributed by atoms with E-state index < -0.39 is 42.6 Å². The summed E-state index contributed by atoms with van der Waals surface area (Å²) in [5, 5.41) is 9.95. The Morgan fingerprint density at radius 2 is 1.30 bits per heavy atom. The standard InChI is InChI=1S/C28H36N4O8/c1-2-38-25(34)18-30-24(33)17-31-26(35)23(32-28(37)40-20-22-13-7-4-8-14-22)15-9-10-16-29-27(36)39-19-21-11-5-3-6-12-21/h3-8,11-14,23H,2,9-10,15-20H2,1H3,(H,29,36)(H,30,33)(H,31,35)(H,32,37)/t23-/m0/s1. The van der Waals surface area contributed by atoms with Crippen LogP contribution in [-0.4, -0.2) is 62.3 Å². The van der Waals surface area contributed by atoms with Crippen LogP contribution < -0.4 is 21.3 Å². The molecule has 40 heavy (non-hydrogen) atoms. The van der Waals surface area contributed by atoms with Gasteiger partial charge in [0, 0.05) is 6.54 Å². The second-order valence-electron chi connectivity index (χ2n) is 8.54. The molecule has 0 aliphatic carbocycles. The molecule has 12 nitrogen and oxygen atoms in total. The van der Waals surface area contributed by atoms with E-state index in [0.717, 1.165) is 11.1 Å². The third kappa shape index (κ3) is 13.8. The molecule has 2 aromatic rings. The van der Waals surface area contributed by atoms with Crippen molar-refractivity contribution in [3.63, 3.8) is 0 Å². The van der Waals surface area contributed by atoms with Crippen molar-refractivity contribution in [1.29, 1.82) is 0 Å². The second-order valence-corrected chi connectivity index (χ2v) is 8.54. The van der Waals surface area contributed by atoms with Gasteiger partial charge in [-0.25, -0.2) is 9.59 Å².